The van der Waals surface area contributed by atoms with Gasteiger partial charge in [-0.05, 0) is 54.9 Å². The average Bonchev–Trinajstić information content (AvgIpc) is 3.49. The number of carbonyl (C=O) groups is 3. The van der Waals surface area contributed by atoms with E-state index in [1.807, 2.05) is 54.6 Å². The molecule has 0 aromatic heterocycles. The van der Waals surface area contributed by atoms with Gasteiger partial charge in [0.15, 0.2) is 6.61 Å². The third kappa shape index (κ3) is 8.15. The van der Waals surface area contributed by atoms with Crippen molar-refractivity contribution in [2.45, 2.75) is 70.3 Å². The lowest BCUT2D eigenvalue weighted by Gasteiger charge is -2.25. The number of nitrogens with zero attached hydrogens (tertiary/aromatic N) is 2. The molecule has 1 unspecified atom stereocenters. The molecule has 0 spiro atoms. The van der Waals surface area contributed by atoms with Gasteiger partial charge < -0.3 is 14.8 Å². The van der Waals surface area contributed by atoms with E-state index in [9.17, 15) is 14.4 Å². The summed E-state index contributed by atoms with van der Waals surface area (Å²) in [4.78, 5) is 37.0. The molecule has 2 aromatic rings. The summed E-state index contributed by atoms with van der Waals surface area (Å²) in [5.41, 5.74) is 2.79. The molecule has 208 valence electrons. The van der Waals surface area contributed by atoms with E-state index in [1.54, 1.807) is 0 Å². The van der Waals surface area contributed by atoms with Gasteiger partial charge in [0.1, 0.15) is 0 Å². The number of ether oxygens (including phenoxy) is 2. The van der Waals surface area contributed by atoms with Crippen molar-refractivity contribution in [3.63, 3.8) is 0 Å². The van der Waals surface area contributed by atoms with Gasteiger partial charge in [-0.2, -0.15) is 0 Å². The zero-order valence-corrected chi connectivity index (χ0v) is 22.8. The van der Waals surface area contributed by atoms with Gasteiger partial charge >= 0.3 is 5.97 Å². The van der Waals surface area contributed by atoms with Crippen LogP contribution in [0.15, 0.2) is 59.7 Å². The largest absolute Gasteiger partial charge is 0.469 e. The minimum absolute atomic E-state index is 0.0407. The Bertz CT molecular complexity index is 1130. The number of hydrazone groups is 1. The molecule has 2 aromatic carbocycles. The molecule has 0 saturated heterocycles. The number of esters is 1. The van der Waals surface area contributed by atoms with Gasteiger partial charge in [-0.3, -0.25) is 14.4 Å². The summed E-state index contributed by atoms with van der Waals surface area (Å²) in [5.74, 6) is 0.337. The van der Waals surface area contributed by atoms with Crippen LogP contribution in [0.4, 0.5) is 0 Å². The van der Waals surface area contributed by atoms with Crippen LogP contribution in [0.25, 0.3) is 0 Å². The SMILES string of the molecule is COC(=O)CCCCCCNC(=O)C(c1ccc(CN2N=C(c3ccccc3)OCC2=O)cc1)C1CCCC1. The summed E-state index contributed by atoms with van der Waals surface area (Å²) in [7, 11) is 1.41. The molecule has 1 heterocycles. The molecule has 0 radical (unpaired) electrons. The molecular weight excluding hydrogens is 494 g/mol. The maximum Gasteiger partial charge on any atom is 0.305 e. The summed E-state index contributed by atoms with van der Waals surface area (Å²) in [5, 5.41) is 9.05. The van der Waals surface area contributed by atoms with E-state index in [2.05, 4.69) is 15.2 Å². The highest BCUT2D eigenvalue weighted by Gasteiger charge is 2.32. The fourth-order valence-electron chi connectivity index (χ4n) is 5.35. The summed E-state index contributed by atoms with van der Waals surface area (Å²) >= 11 is 0. The Kier molecular flexibility index (Phi) is 10.5. The summed E-state index contributed by atoms with van der Waals surface area (Å²) in [6, 6.07) is 17.6. The molecule has 1 aliphatic carbocycles. The fourth-order valence-corrected chi connectivity index (χ4v) is 5.35. The number of amides is 2. The van der Waals surface area contributed by atoms with Crippen LogP contribution in [-0.4, -0.2) is 49.0 Å². The van der Waals surface area contributed by atoms with Crippen molar-refractivity contribution < 1.29 is 23.9 Å². The van der Waals surface area contributed by atoms with Crippen LogP contribution in [-0.2, 0) is 30.4 Å². The fraction of sp³-hybridized carbons (Fsp3) is 0.484. The predicted molar refractivity (Wildman–Crippen MR) is 149 cm³/mol. The van der Waals surface area contributed by atoms with E-state index in [0.29, 0.717) is 31.3 Å². The quantitative estimate of drug-likeness (QED) is 0.291. The van der Waals surface area contributed by atoms with Crippen LogP contribution in [0.2, 0.25) is 0 Å². The highest BCUT2D eigenvalue weighted by molar-refractivity contribution is 5.97. The lowest BCUT2D eigenvalue weighted by Crippen LogP contribution is -2.36. The first kappa shape index (κ1) is 28.3. The number of hydrogen-bond donors (Lipinski definition) is 1. The summed E-state index contributed by atoms with van der Waals surface area (Å²) in [6.07, 6.45) is 8.51. The molecule has 2 amide bonds. The lowest BCUT2D eigenvalue weighted by atomic mass is 9.83. The smallest absolute Gasteiger partial charge is 0.305 e. The lowest BCUT2D eigenvalue weighted by molar-refractivity contribution is -0.140. The Labute approximate surface area is 230 Å². The van der Waals surface area contributed by atoms with Crippen LogP contribution >= 0.6 is 0 Å². The average molecular weight is 534 g/mol. The van der Waals surface area contributed by atoms with E-state index < -0.39 is 0 Å². The van der Waals surface area contributed by atoms with E-state index in [1.165, 1.54) is 12.1 Å². The van der Waals surface area contributed by atoms with Crippen LogP contribution < -0.4 is 5.32 Å². The molecule has 1 atom stereocenters. The summed E-state index contributed by atoms with van der Waals surface area (Å²) < 4.78 is 10.2. The number of methoxy groups -OCH3 is 1. The number of nitrogens with one attached hydrogen (secondary N) is 1. The molecule has 1 saturated carbocycles. The maximum absolute atomic E-state index is 13.3. The van der Waals surface area contributed by atoms with Gasteiger partial charge in [-0.15, -0.1) is 5.10 Å². The van der Waals surface area contributed by atoms with Crippen molar-refractivity contribution in [2.24, 2.45) is 11.0 Å². The minimum atomic E-state index is -0.188. The molecule has 39 heavy (non-hydrogen) atoms. The highest BCUT2D eigenvalue weighted by Crippen LogP contribution is 2.37. The standard InChI is InChI=1S/C31H39N3O5/c1-38-28(36)15-7-2-3-10-20-32-30(37)29(24-11-8-9-12-24)25-18-16-23(17-19-25)21-34-27(35)22-39-31(33-34)26-13-5-4-6-14-26/h4-6,13-14,16-19,24,29H,2-3,7-12,15,20-22H2,1H3,(H,32,37). The van der Waals surface area contributed by atoms with Crippen molar-refractivity contribution in [3.8, 4) is 0 Å². The van der Waals surface area contributed by atoms with Crippen LogP contribution in [0, 0.1) is 5.92 Å². The zero-order valence-electron chi connectivity index (χ0n) is 22.8. The predicted octanol–water partition coefficient (Wildman–Crippen LogP) is 4.92. The van der Waals surface area contributed by atoms with Gasteiger partial charge in [0.05, 0.1) is 19.6 Å². The molecule has 1 aliphatic heterocycles. The van der Waals surface area contributed by atoms with Crippen molar-refractivity contribution in [3.05, 3.63) is 71.3 Å². The molecule has 1 fully saturated rings. The maximum atomic E-state index is 13.3. The van der Waals surface area contributed by atoms with Gasteiger partial charge in [0.25, 0.3) is 5.91 Å². The first-order valence-corrected chi connectivity index (χ1v) is 14.1. The minimum Gasteiger partial charge on any atom is -0.469 e. The number of carbonyl (C=O) groups excluding carboxylic acids is 3. The second-order valence-electron chi connectivity index (χ2n) is 10.3. The zero-order chi connectivity index (χ0) is 27.5. The number of benzene rings is 2. The van der Waals surface area contributed by atoms with E-state index in [4.69, 9.17) is 4.74 Å². The molecule has 0 bridgehead atoms. The third-order valence-corrected chi connectivity index (χ3v) is 7.51. The van der Waals surface area contributed by atoms with Crippen molar-refractivity contribution in [1.29, 1.82) is 0 Å². The van der Waals surface area contributed by atoms with E-state index in [0.717, 1.165) is 68.1 Å². The van der Waals surface area contributed by atoms with Crippen LogP contribution in [0.5, 0.6) is 0 Å². The van der Waals surface area contributed by atoms with Gasteiger partial charge in [-0.25, -0.2) is 5.01 Å². The molecule has 1 N–H and O–H groups in total. The molecule has 8 heteroatoms. The Hall–Kier alpha value is -3.68. The normalized spacial score (nSPS) is 16.4. The van der Waals surface area contributed by atoms with Crippen molar-refractivity contribution in [1.82, 2.24) is 10.3 Å². The molecule has 8 nitrogen and oxygen atoms in total. The number of hydrogen-bond acceptors (Lipinski definition) is 6. The van der Waals surface area contributed by atoms with Crippen molar-refractivity contribution in [2.75, 3.05) is 20.3 Å². The van der Waals surface area contributed by atoms with Crippen LogP contribution in [0.3, 0.4) is 0 Å². The Morgan fingerprint density at radius 3 is 2.46 bits per heavy atom. The second kappa shape index (κ2) is 14.5. The van der Waals surface area contributed by atoms with Gasteiger partial charge in [0, 0.05) is 18.5 Å². The molecule has 4 rings (SSSR count). The highest BCUT2D eigenvalue weighted by atomic mass is 16.5. The number of unbranched alkanes of at least 4 members (excludes halogenated alkanes) is 3. The third-order valence-electron chi connectivity index (χ3n) is 7.51. The Morgan fingerprint density at radius 2 is 1.74 bits per heavy atom. The second-order valence-corrected chi connectivity index (χ2v) is 10.3. The monoisotopic (exact) mass is 533 g/mol. The molecular formula is C31H39N3O5. The topological polar surface area (TPSA) is 97.3 Å². The number of rotatable bonds is 13. The Balaban J connectivity index is 1.34. The Morgan fingerprint density at radius 1 is 1.03 bits per heavy atom. The first-order chi connectivity index (χ1) is 19.0. The van der Waals surface area contributed by atoms with Crippen LogP contribution in [0.1, 0.15) is 80.4 Å². The van der Waals surface area contributed by atoms with Crippen molar-refractivity contribution >= 4 is 23.7 Å². The van der Waals surface area contributed by atoms with Gasteiger partial charge in [0.2, 0.25) is 11.8 Å². The summed E-state index contributed by atoms with van der Waals surface area (Å²) in [6.45, 7) is 0.940. The van der Waals surface area contributed by atoms with E-state index in [-0.39, 0.29) is 30.3 Å². The van der Waals surface area contributed by atoms with Gasteiger partial charge in [-0.1, -0.05) is 68.1 Å². The molecule has 2 aliphatic rings. The first-order valence-electron chi connectivity index (χ1n) is 14.1. The van der Waals surface area contributed by atoms with E-state index >= 15 is 0 Å².